The van der Waals surface area contributed by atoms with Gasteiger partial charge in [0, 0.05) is 29.7 Å². The SMILES string of the molecule is Cc1cc(C2CCN(C(=O)[C@@](C)(O)C(F)(F)F)CC2)n(-c2ccc(Cl)cc2)n1. The maximum absolute atomic E-state index is 12.9. The predicted molar refractivity (Wildman–Crippen MR) is 98.5 cm³/mol. The third-order valence-corrected chi connectivity index (χ3v) is 5.35. The number of carbonyl (C=O) groups excluding carboxylic acids is 1. The molecule has 2 heterocycles. The number of hydrogen-bond donors (Lipinski definition) is 1. The first-order valence-corrected chi connectivity index (χ1v) is 9.29. The summed E-state index contributed by atoms with van der Waals surface area (Å²) in [5, 5.41) is 14.8. The number of carbonyl (C=O) groups is 1. The van der Waals surface area contributed by atoms with E-state index >= 15 is 0 Å². The van der Waals surface area contributed by atoms with Crippen molar-refractivity contribution < 1.29 is 23.1 Å². The summed E-state index contributed by atoms with van der Waals surface area (Å²) in [6.07, 6.45) is -4.04. The zero-order valence-electron chi connectivity index (χ0n) is 15.5. The van der Waals surface area contributed by atoms with Crippen molar-refractivity contribution in [2.75, 3.05) is 13.1 Å². The van der Waals surface area contributed by atoms with Crippen molar-refractivity contribution in [2.45, 2.75) is 44.4 Å². The van der Waals surface area contributed by atoms with Crippen LogP contribution < -0.4 is 0 Å². The molecule has 0 bridgehead atoms. The number of likely N-dealkylation sites (tertiary alicyclic amines) is 1. The van der Waals surface area contributed by atoms with Gasteiger partial charge < -0.3 is 10.0 Å². The topological polar surface area (TPSA) is 58.4 Å². The van der Waals surface area contributed by atoms with Crippen LogP contribution >= 0.6 is 11.6 Å². The number of aliphatic hydroxyl groups is 1. The molecule has 5 nitrogen and oxygen atoms in total. The molecule has 0 aliphatic carbocycles. The lowest BCUT2D eigenvalue weighted by molar-refractivity contribution is -0.250. The maximum atomic E-state index is 12.9. The van der Waals surface area contributed by atoms with Crippen LogP contribution in [-0.4, -0.2) is 50.6 Å². The highest BCUT2D eigenvalue weighted by molar-refractivity contribution is 6.30. The lowest BCUT2D eigenvalue weighted by Gasteiger charge is -2.36. The Bertz CT molecular complexity index is 854. The van der Waals surface area contributed by atoms with E-state index < -0.39 is 17.7 Å². The largest absolute Gasteiger partial charge is 0.426 e. The second kappa shape index (κ2) is 7.40. The van der Waals surface area contributed by atoms with Gasteiger partial charge in [-0.25, -0.2) is 4.68 Å². The third kappa shape index (κ3) is 3.89. The number of halogens is 4. The van der Waals surface area contributed by atoms with Crippen LogP contribution in [0.2, 0.25) is 5.02 Å². The van der Waals surface area contributed by atoms with Gasteiger partial charge in [0.15, 0.2) is 0 Å². The summed E-state index contributed by atoms with van der Waals surface area (Å²) in [6.45, 7) is 2.65. The fourth-order valence-electron chi connectivity index (χ4n) is 3.41. The lowest BCUT2D eigenvalue weighted by Crippen LogP contribution is -2.57. The average molecular weight is 416 g/mol. The van der Waals surface area contributed by atoms with Gasteiger partial charge >= 0.3 is 6.18 Å². The first-order valence-electron chi connectivity index (χ1n) is 8.91. The Hall–Kier alpha value is -2.06. The Morgan fingerprint density at radius 2 is 1.79 bits per heavy atom. The fourth-order valence-corrected chi connectivity index (χ4v) is 3.53. The molecule has 1 aliphatic rings. The monoisotopic (exact) mass is 415 g/mol. The second-order valence-electron chi connectivity index (χ2n) is 7.24. The summed E-state index contributed by atoms with van der Waals surface area (Å²) in [6, 6.07) is 9.16. The maximum Gasteiger partial charge on any atom is 0.426 e. The molecule has 1 N–H and O–H groups in total. The van der Waals surface area contributed by atoms with E-state index in [9.17, 15) is 23.1 Å². The van der Waals surface area contributed by atoms with Gasteiger partial charge in [0.2, 0.25) is 5.60 Å². The smallest absolute Gasteiger partial charge is 0.373 e. The van der Waals surface area contributed by atoms with Gasteiger partial charge in [0.05, 0.1) is 11.4 Å². The van der Waals surface area contributed by atoms with Crippen LogP contribution in [0.4, 0.5) is 13.2 Å². The van der Waals surface area contributed by atoms with Gasteiger partial charge in [-0.2, -0.15) is 18.3 Å². The molecule has 1 amide bonds. The highest BCUT2D eigenvalue weighted by Gasteiger charge is 2.57. The molecule has 0 unspecified atom stereocenters. The molecule has 0 radical (unpaired) electrons. The second-order valence-corrected chi connectivity index (χ2v) is 7.67. The van der Waals surface area contributed by atoms with Crippen LogP contribution in [0.3, 0.4) is 0 Å². The molecular formula is C19H21ClF3N3O2. The highest BCUT2D eigenvalue weighted by Crippen LogP contribution is 2.35. The number of hydrogen-bond acceptors (Lipinski definition) is 3. The van der Waals surface area contributed by atoms with Crippen LogP contribution in [0.1, 0.15) is 37.1 Å². The minimum absolute atomic E-state index is 0.0387. The van der Waals surface area contributed by atoms with E-state index in [1.54, 1.807) is 16.8 Å². The molecular weight excluding hydrogens is 395 g/mol. The van der Waals surface area contributed by atoms with Crippen molar-refractivity contribution in [3.05, 3.63) is 46.7 Å². The molecule has 9 heteroatoms. The average Bonchev–Trinajstić information content (AvgIpc) is 3.02. The first kappa shape index (κ1) is 20.7. The molecule has 1 saturated heterocycles. The van der Waals surface area contributed by atoms with Crippen LogP contribution in [0, 0.1) is 6.92 Å². The zero-order chi connectivity index (χ0) is 20.7. The summed E-state index contributed by atoms with van der Waals surface area (Å²) in [5.41, 5.74) is -0.773. The van der Waals surface area contributed by atoms with Gasteiger partial charge in [0.25, 0.3) is 5.91 Å². The Kier molecular flexibility index (Phi) is 5.46. The molecule has 0 saturated carbocycles. The molecule has 0 spiro atoms. The molecule has 1 aromatic heterocycles. The molecule has 1 aliphatic heterocycles. The van der Waals surface area contributed by atoms with Crippen molar-refractivity contribution in [3.63, 3.8) is 0 Å². The normalized spacial score (nSPS) is 18.2. The van der Waals surface area contributed by atoms with Crippen molar-refractivity contribution >= 4 is 17.5 Å². The Morgan fingerprint density at radius 1 is 1.21 bits per heavy atom. The van der Waals surface area contributed by atoms with Crippen molar-refractivity contribution in [1.29, 1.82) is 0 Å². The van der Waals surface area contributed by atoms with E-state index in [2.05, 4.69) is 5.10 Å². The summed E-state index contributed by atoms with van der Waals surface area (Å²) in [7, 11) is 0. The lowest BCUT2D eigenvalue weighted by atomic mass is 9.91. The molecule has 2 aromatic rings. The van der Waals surface area contributed by atoms with Gasteiger partial charge in [-0.3, -0.25) is 4.79 Å². The molecule has 1 atom stereocenters. The van der Waals surface area contributed by atoms with Gasteiger partial charge in [0.1, 0.15) is 0 Å². The summed E-state index contributed by atoms with van der Waals surface area (Å²) >= 11 is 5.94. The van der Waals surface area contributed by atoms with Gasteiger partial charge in [-0.1, -0.05) is 11.6 Å². The molecule has 1 fully saturated rings. The standard InChI is InChI=1S/C19H21ClF3N3O2/c1-12-11-16(26(24-12)15-5-3-14(20)4-6-15)13-7-9-25(10-8-13)17(27)18(2,28)19(21,22)23/h3-6,11,13,28H,7-10H2,1-2H3/t18-/m1/s1. The number of benzene rings is 1. The van der Waals surface area contributed by atoms with E-state index in [0.717, 1.165) is 22.0 Å². The number of piperidine rings is 1. The van der Waals surface area contributed by atoms with Crippen molar-refractivity contribution in [3.8, 4) is 5.69 Å². The summed E-state index contributed by atoms with van der Waals surface area (Å²) < 4.78 is 40.6. The van der Waals surface area contributed by atoms with Gasteiger partial charge in [-0.05, 0) is 57.0 Å². The van der Waals surface area contributed by atoms with Crippen LogP contribution in [0.25, 0.3) is 5.69 Å². The molecule has 1 aromatic carbocycles. The van der Waals surface area contributed by atoms with E-state index in [4.69, 9.17) is 11.6 Å². The van der Waals surface area contributed by atoms with Crippen LogP contribution in [0.5, 0.6) is 0 Å². The number of aromatic nitrogens is 2. The van der Waals surface area contributed by atoms with E-state index in [1.165, 1.54) is 0 Å². The minimum atomic E-state index is -5.01. The van der Waals surface area contributed by atoms with Crippen LogP contribution in [-0.2, 0) is 4.79 Å². The Morgan fingerprint density at radius 3 is 2.32 bits per heavy atom. The van der Waals surface area contributed by atoms with Crippen molar-refractivity contribution in [1.82, 2.24) is 14.7 Å². The fraction of sp³-hybridized carbons (Fsp3) is 0.474. The molecule has 28 heavy (non-hydrogen) atoms. The van der Waals surface area contributed by atoms with Gasteiger partial charge in [-0.15, -0.1) is 0 Å². The molecule has 152 valence electrons. The van der Waals surface area contributed by atoms with E-state index in [-0.39, 0.29) is 19.0 Å². The molecule has 3 rings (SSSR count). The number of alkyl halides is 3. The number of rotatable bonds is 3. The zero-order valence-corrected chi connectivity index (χ0v) is 16.3. The highest BCUT2D eigenvalue weighted by atomic mass is 35.5. The van der Waals surface area contributed by atoms with E-state index in [0.29, 0.717) is 24.8 Å². The quantitative estimate of drug-likeness (QED) is 0.828. The Balaban J connectivity index is 1.76. The number of nitrogens with zero attached hydrogens (tertiary/aromatic N) is 3. The third-order valence-electron chi connectivity index (χ3n) is 5.10. The number of amides is 1. The first-order chi connectivity index (χ1) is 13.0. The summed E-state index contributed by atoms with van der Waals surface area (Å²) in [5.74, 6) is -1.27. The number of aryl methyl sites for hydroxylation is 1. The Labute approximate surface area is 165 Å². The summed E-state index contributed by atoms with van der Waals surface area (Å²) in [4.78, 5) is 13.2. The van der Waals surface area contributed by atoms with E-state index in [1.807, 2.05) is 25.1 Å². The minimum Gasteiger partial charge on any atom is -0.373 e. The van der Waals surface area contributed by atoms with Crippen LogP contribution in [0.15, 0.2) is 30.3 Å². The van der Waals surface area contributed by atoms with Crippen molar-refractivity contribution in [2.24, 2.45) is 0 Å². The predicted octanol–water partition coefficient (Wildman–Crippen LogP) is 3.85.